The normalized spacial score (nSPS) is 10.6. The third-order valence-corrected chi connectivity index (χ3v) is 2.84. The number of rotatable bonds is 9. The monoisotopic (exact) mass is 255 g/mol. The third-order valence-electron chi connectivity index (χ3n) is 2.84. The molecule has 0 spiro atoms. The second-order valence-electron chi connectivity index (χ2n) is 4.36. The fourth-order valence-corrected chi connectivity index (χ4v) is 1.74. The number of nitrogens with zero attached hydrogens (tertiary/aromatic N) is 1. The van der Waals surface area contributed by atoms with Gasteiger partial charge in [-0.15, -0.1) is 0 Å². The molecular weight excluding hydrogens is 233 g/mol. The number of pyridine rings is 1. The molecule has 0 aliphatic heterocycles. The number of hydrogen-bond donors (Lipinski definition) is 1. The standard InChI is InChI=1S/C14H22FNO2/c1-2-3-4-5-6-7-10-18-14-13(15)12(11-17)8-9-16-14/h8-9,17H,2-7,10-11H2,1H3. The van der Waals surface area contributed by atoms with Gasteiger partial charge in [-0.1, -0.05) is 39.0 Å². The minimum Gasteiger partial charge on any atom is -0.476 e. The number of ether oxygens (including phenoxy) is 1. The molecule has 0 atom stereocenters. The Balaban J connectivity index is 2.23. The molecule has 1 rings (SSSR count). The fraction of sp³-hybridized carbons (Fsp3) is 0.643. The lowest BCUT2D eigenvalue weighted by molar-refractivity contribution is 0.257. The van der Waals surface area contributed by atoms with E-state index in [4.69, 9.17) is 9.84 Å². The molecule has 1 aromatic rings. The van der Waals surface area contributed by atoms with Crippen LogP contribution < -0.4 is 4.74 Å². The minimum absolute atomic E-state index is 0.00453. The van der Waals surface area contributed by atoms with E-state index in [-0.39, 0.29) is 18.1 Å². The molecule has 1 heterocycles. The predicted molar refractivity (Wildman–Crippen MR) is 69.0 cm³/mol. The van der Waals surface area contributed by atoms with Crippen molar-refractivity contribution in [2.24, 2.45) is 0 Å². The van der Waals surface area contributed by atoms with Crippen LogP contribution in [0.25, 0.3) is 0 Å². The number of unbranched alkanes of at least 4 members (excludes halogenated alkanes) is 5. The van der Waals surface area contributed by atoms with Crippen LogP contribution in [0.1, 0.15) is 51.0 Å². The summed E-state index contributed by atoms with van der Waals surface area (Å²) in [6, 6.07) is 1.45. The van der Waals surface area contributed by atoms with E-state index in [0.717, 1.165) is 12.8 Å². The third kappa shape index (κ3) is 5.00. The van der Waals surface area contributed by atoms with E-state index in [0.29, 0.717) is 6.61 Å². The van der Waals surface area contributed by atoms with Crippen molar-refractivity contribution in [2.45, 2.75) is 52.1 Å². The second-order valence-corrected chi connectivity index (χ2v) is 4.36. The first kappa shape index (κ1) is 14.9. The van der Waals surface area contributed by atoms with Gasteiger partial charge >= 0.3 is 0 Å². The van der Waals surface area contributed by atoms with Gasteiger partial charge in [-0.25, -0.2) is 9.37 Å². The van der Waals surface area contributed by atoms with Crippen LogP contribution in [0.4, 0.5) is 4.39 Å². The van der Waals surface area contributed by atoms with Crippen molar-refractivity contribution in [1.82, 2.24) is 4.98 Å². The molecule has 0 bridgehead atoms. The zero-order chi connectivity index (χ0) is 13.2. The van der Waals surface area contributed by atoms with E-state index in [9.17, 15) is 4.39 Å². The Kier molecular flexibility index (Phi) is 7.34. The molecule has 0 saturated heterocycles. The Morgan fingerprint density at radius 3 is 2.67 bits per heavy atom. The molecule has 0 radical (unpaired) electrons. The zero-order valence-corrected chi connectivity index (χ0v) is 11.0. The first-order chi connectivity index (χ1) is 8.79. The zero-order valence-electron chi connectivity index (χ0n) is 11.0. The van der Waals surface area contributed by atoms with Crippen molar-refractivity contribution >= 4 is 0 Å². The first-order valence-corrected chi connectivity index (χ1v) is 6.66. The van der Waals surface area contributed by atoms with Crippen LogP contribution in [0.5, 0.6) is 5.88 Å². The van der Waals surface area contributed by atoms with Crippen molar-refractivity contribution in [3.8, 4) is 5.88 Å². The predicted octanol–water partition coefficient (Wildman–Crippen LogP) is 3.45. The summed E-state index contributed by atoms with van der Waals surface area (Å²) in [5.74, 6) is -0.555. The largest absolute Gasteiger partial charge is 0.476 e. The summed E-state index contributed by atoms with van der Waals surface area (Å²) in [5, 5.41) is 8.91. The van der Waals surface area contributed by atoms with Crippen LogP contribution in [0.2, 0.25) is 0 Å². The molecule has 0 unspecified atom stereocenters. The quantitative estimate of drug-likeness (QED) is 0.687. The molecule has 0 aliphatic carbocycles. The second kappa shape index (κ2) is 8.86. The molecule has 3 nitrogen and oxygen atoms in total. The smallest absolute Gasteiger partial charge is 0.250 e. The average molecular weight is 255 g/mol. The van der Waals surface area contributed by atoms with Crippen LogP contribution in [0, 0.1) is 5.82 Å². The van der Waals surface area contributed by atoms with E-state index in [1.807, 2.05) is 0 Å². The minimum atomic E-state index is -0.550. The van der Waals surface area contributed by atoms with E-state index >= 15 is 0 Å². The van der Waals surface area contributed by atoms with Crippen molar-refractivity contribution < 1.29 is 14.2 Å². The summed E-state index contributed by atoms with van der Waals surface area (Å²) in [7, 11) is 0. The Labute approximate surface area is 108 Å². The van der Waals surface area contributed by atoms with Gasteiger partial charge in [-0.2, -0.15) is 0 Å². The van der Waals surface area contributed by atoms with Gasteiger partial charge in [-0.05, 0) is 12.5 Å². The molecule has 4 heteroatoms. The molecule has 1 N–H and O–H groups in total. The van der Waals surface area contributed by atoms with Crippen molar-refractivity contribution in [2.75, 3.05) is 6.61 Å². The Bertz CT molecular complexity index is 345. The molecule has 0 amide bonds. The van der Waals surface area contributed by atoms with Gasteiger partial charge < -0.3 is 9.84 Å². The van der Waals surface area contributed by atoms with E-state index in [1.54, 1.807) is 0 Å². The van der Waals surface area contributed by atoms with Crippen LogP contribution in [0.15, 0.2) is 12.3 Å². The topological polar surface area (TPSA) is 42.4 Å². The lowest BCUT2D eigenvalue weighted by Crippen LogP contribution is -2.03. The van der Waals surface area contributed by atoms with E-state index < -0.39 is 5.82 Å². The van der Waals surface area contributed by atoms with Gasteiger partial charge in [0.1, 0.15) is 0 Å². The van der Waals surface area contributed by atoms with Crippen molar-refractivity contribution in [3.05, 3.63) is 23.6 Å². The maximum Gasteiger partial charge on any atom is 0.250 e. The molecule has 0 saturated carbocycles. The molecular formula is C14H22FNO2. The highest BCUT2D eigenvalue weighted by molar-refractivity contribution is 5.22. The van der Waals surface area contributed by atoms with Crippen LogP contribution in [-0.4, -0.2) is 16.7 Å². The maximum atomic E-state index is 13.6. The van der Waals surface area contributed by atoms with Gasteiger partial charge in [0, 0.05) is 11.8 Å². The molecule has 0 aromatic carbocycles. The molecule has 1 aromatic heterocycles. The molecule has 18 heavy (non-hydrogen) atoms. The highest BCUT2D eigenvalue weighted by Crippen LogP contribution is 2.17. The van der Waals surface area contributed by atoms with Gasteiger partial charge in [0.15, 0.2) is 5.82 Å². The van der Waals surface area contributed by atoms with Crippen LogP contribution in [-0.2, 0) is 6.61 Å². The highest BCUT2D eigenvalue weighted by Gasteiger charge is 2.09. The van der Waals surface area contributed by atoms with E-state index in [2.05, 4.69) is 11.9 Å². The molecule has 102 valence electrons. The van der Waals surface area contributed by atoms with Gasteiger partial charge in [0.2, 0.25) is 0 Å². The van der Waals surface area contributed by atoms with Gasteiger partial charge in [0.05, 0.1) is 13.2 Å². The summed E-state index contributed by atoms with van der Waals surface area (Å²) in [6.07, 6.45) is 8.42. The summed E-state index contributed by atoms with van der Waals surface area (Å²) >= 11 is 0. The van der Waals surface area contributed by atoms with Crippen molar-refractivity contribution in [3.63, 3.8) is 0 Å². The number of aromatic nitrogens is 1. The molecule has 0 fully saturated rings. The van der Waals surface area contributed by atoms with E-state index in [1.165, 1.54) is 37.9 Å². The Hall–Kier alpha value is -1.16. The number of halogens is 1. The lowest BCUT2D eigenvalue weighted by Gasteiger charge is -2.07. The Morgan fingerprint density at radius 2 is 1.94 bits per heavy atom. The maximum absolute atomic E-state index is 13.6. The summed E-state index contributed by atoms with van der Waals surface area (Å²) in [6.45, 7) is 2.33. The lowest BCUT2D eigenvalue weighted by atomic mass is 10.1. The van der Waals surface area contributed by atoms with Crippen LogP contribution >= 0.6 is 0 Å². The molecule has 0 aliphatic rings. The number of aliphatic hydroxyl groups excluding tert-OH is 1. The summed E-state index contributed by atoms with van der Waals surface area (Å²) < 4.78 is 18.9. The van der Waals surface area contributed by atoms with Gasteiger partial charge in [0.25, 0.3) is 5.88 Å². The number of aliphatic hydroxyl groups is 1. The fourth-order valence-electron chi connectivity index (χ4n) is 1.74. The van der Waals surface area contributed by atoms with Gasteiger partial charge in [-0.3, -0.25) is 0 Å². The average Bonchev–Trinajstić information content (AvgIpc) is 2.39. The Morgan fingerprint density at radius 1 is 1.22 bits per heavy atom. The first-order valence-electron chi connectivity index (χ1n) is 6.66. The number of hydrogen-bond acceptors (Lipinski definition) is 3. The van der Waals surface area contributed by atoms with Crippen LogP contribution in [0.3, 0.4) is 0 Å². The highest BCUT2D eigenvalue weighted by atomic mass is 19.1. The SMILES string of the molecule is CCCCCCCCOc1nccc(CO)c1F. The summed E-state index contributed by atoms with van der Waals surface area (Å²) in [4.78, 5) is 3.83. The summed E-state index contributed by atoms with van der Waals surface area (Å²) in [5.41, 5.74) is 0.225. The van der Waals surface area contributed by atoms with Crippen molar-refractivity contribution in [1.29, 1.82) is 0 Å².